The number of alkyl halides is 1. The normalized spacial score (nSPS) is 25.8. The Morgan fingerprint density at radius 1 is 1.27 bits per heavy atom. The maximum Gasteiger partial charge on any atom is 0.250 e. The number of nitrogens with one attached hydrogen (secondary N) is 1. The van der Waals surface area contributed by atoms with Crippen molar-refractivity contribution in [1.82, 2.24) is 5.32 Å². The molecular formula is C24H40ClNO4. The molecule has 5 nitrogen and oxygen atoms in total. The Morgan fingerprint density at radius 2 is 1.97 bits per heavy atom. The predicted molar refractivity (Wildman–Crippen MR) is 122 cm³/mol. The zero-order valence-corrected chi connectivity index (χ0v) is 19.7. The number of aliphatic hydroxyl groups is 2. The van der Waals surface area contributed by atoms with Crippen LogP contribution in [0, 0.1) is 17.3 Å². The molecule has 0 aliphatic heterocycles. The van der Waals surface area contributed by atoms with Crippen LogP contribution in [0.3, 0.4) is 0 Å². The Labute approximate surface area is 187 Å². The summed E-state index contributed by atoms with van der Waals surface area (Å²) < 4.78 is 0. The molecule has 1 saturated carbocycles. The fourth-order valence-corrected chi connectivity index (χ4v) is 4.53. The van der Waals surface area contributed by atoms with Gasteiger partial charge in [0.15, 0.2) is 0 Å². The van der Waals surface area contributed by atoms with Crippen LogP contribution in [-0.2, 0) is 9.59 Å². The summed E-state index contributed by atoms with van der Waals surface area (Å²) in [7, 11) is 0. The SMILES string of the molecule is CCCCC(C)(C)[C@H](O)/C=C/[C@@H]1[C@@H](CCCC/C=C/C(=O)NC(C)=O)[C@H](Cl)C[C@H]1O. The molecule has 1 aliphatic rings. The average Bonchev–Trinajstić information content (AvgIpc) is 2.92. The van der Waals surface area contributed by atoms with Gasteiger partial charge < -0.3 is 10.2 Å². The first kappa shape index (κ1) is 26.9. The number of hydrogen-bond donors (Lipinski definition) is 3. The minimum Gasteiger partial charge on any atom is -0.392 e. The number of unbranched alkanes of at least 4 members (excludes halogenated alkanes) is 3. The molecule has 1 aliphatic carbocycles. The predicted octanol–water partition coefficient (Wildman–Crippen LogP) is 4.50. The summed E-state index contributed by atoms with van der Waals surface area (Å²) in [4.78, 5) is 22.2. The molecule has 0 heterocycles. The number of amides is 2. The molecule has 0 unspecified atom stereocenters. The highest BCUT2D eigenvalue weighted by Gasteiger charge is 2.39. The molecule has 0 aromatic heterocycles. The van der Waals surface area contributed by atoms with Gasteiger partial charge in [0.1, 0.15) is 0 Å². The first-order valence-corrected chi connectivity index (χ1v) is 11.7. The van der Waals surface area contributed by atoms with E-state index in [9.17, 15) is 19.8 Å². The molecule has 2 amide bonds. The van der Waals surface area contributed by atoms with Gasteiger partial charge in [0.05, 0.1) is 12.2 Å². The maximum atomic E-state index is 11.4. The van der Waals surface area contributed by atoms with Gasteiger partial charge in [0.25, 0.3) is 0 Å². The Bertz CT molecular complexity index is 602. The van der Waals surface area contributed by atoms with Crippen LogP contribution in [0.2, 0.25) is 0 Å². The van der Waals surface area contributed by atoms with Crippen LogP contribution in [-0.4, -0.2) is 39.6 Å². The zero-order chi connectivity index (χ0) is 22.7. The van der Waals surface area contributed by atoms with Gasteiger partial charge in [-0.2, -0.15) is 0 Å². The smallest absolute Gasteiger partial charge is 0.250 e. The third-order valence-corrected chi connectivity index (χ3v) is 6.59. The summed E-state index contributed by atoms with van der Waals surface area (Å²) in [5.74, 6) is -0.627. The zero-order valence-electron chi connectivity index (χ0n) is 18.9. The van der Waals surface area contributed by atoms with Crippen LogP contribution in [0.5, 0.6) is 0 Å². The van der Waals surface area contributed by atoms with Gasteiger partial charge in [-0.3, -0.25) is 14.9 Å². The molecule has 1 rings (SSSR count). The number of imide groups is 1. The molecule has 5 atom stereocenters. The first-order chi connectivity index (χ1) is 14.1. The Morgan fingerprint density at radius 3 is 2.60 bits per heavy atom. The fraction of sp³-hybridized carbons (Fsp3) is 0.750. The maximum absolute atomic E-state index is 11.4. The number of rotatable bonds is 12. The van der Waals surface area contributed by atoms with E-state index in [0.29, 0.717) is 6.42 Å². The van der Waals surface area contributed by atoms with Gasteiger partial charge >= 0.3 is 0 Å². The van der Waals surface area contributed by atoms with Crippen molar-refractivity contribution >= 4 is 23.4 Å². The average molecular weight is 442 g/mol. The summed E-state index contributed by atoms with van der Waals surface area (Å²) >= 11 is 6.52. The minimum absolute atomic E-state index is 0.0407. The topological polar surface area (TPSA) is 86.6 Å². The van der Waals surface area contributed by atoms with Crippen molar-refractivity contribution in [1.29, 1.82) is 0 Å². The van der Waals surface area contributed by atoms with E-state index in [0.717, 1.165) is 44.9 Å². The number of allylic oxidation sites excluding steroid dienone is 1. The standard InChI is InChI=1S/C24H40ClNO4/c1-5-6-15-24(3,4)22(29)14-13-19-18(20(25)16-21(19)28)11-9-7-8-10-12-23(30)26-17(2)27/h10,12-14,18-22,28-29H,5-9,11,15-16H2,1-4H3,(H,26,27,30)/b12-10+,14-13+/t18-,19-,20-,21-,22-/m1/s1. The van der Waals surface area contributed by atoms with Crippen molar-refractivity contribution in [3.8, 4) is 0 Å². The molecule has 0 aromatic rings. The first-order valence-electron chi connectivity index (χ1n) is 11.2. The van der Waals surface area contributed by atoms with E-state index in [1.165, 1.54) is 13.0 Å². The van der Waals surface area contributed by atoms with E-state index >= 15 is 0 Å². The van der Waals surface area contributed by atoms with E-state index in [1.54, 1.807) is 6.08 Å². The summed E-state index contributed by atoms with van der Waals surface area (Å²) in [5.41, 5.74) is -0.188. The Hall–Kier alpha value is -1.17. The molecule has 1 fully saturated rings. The van der Waals surface area contributed by atoms with Gasteiger partial charge in [-0.1, -0.05) is 58.3 Å². The van der Waals surface area contributed by atoms with Gasteiger partial charge in [-0.05, 0) is 49.5 Å². The van der Waals surface area contributed by atoms with E-state index in [2.05, 4.69) is 26.1 Å². The molecule has 172 valence electrons. The summed E-state index contributed by atoms with van der Waals surface area (Å²) in [6.07, 6.45) is 13.2. The van der Waals surface area contributed by atoms with Crippen molar-refractivity contribution in [2.45, 2.75) is 96.6 Å². The third-order valence-electron chi connectivity index (χ3n) is 6.09. The second kappa shape index (κ2) is 13.3. The quantitative estimate of drug-likeness (QED) is 0.180. The molecule has 6 heteroatoms. The van der Waals surface area contributed by atoms with E-state index in [4.69, 9.17) is 11.6 Å². The van der Waals surface area contributed by atoms with E-state index < -0.39 is 18.1 Å². The highest BCUT2D eigenvalue weighted by atomic mass is 35.5. The van der Waals surface area contributed by atoms with Crippen molar-refractivity contribution in [3.05, 3.63) is 24.3 Å². The minimum atomic E-state index is -0.544. The Balaban J connectivity index is 2.53. The van der Waals surface area contributed by atoms with E-state index in [1.807, 2.05) is 12.2 Å². The van der Waals surface area contributed by atoms with Crippen LogP contribution >= 0.6 is 11.6 Å². The number of carbonyl (C=O) groups is 2. The van der Waals surface area contributed by atoms with Crippen LogP contribution < -0.4 is 5.32 Å². The Kier molecular flexibility index (Phi) is 11.9. The molecular weight excluding hydrogens is 402 g/mol. The highest BCUT2D eigenvalue weighted by molar-refractivity contribution is 6.21. The molecule has 30 heavy (non-hydrogen) atoms. The lowest BCUT2D eigenvalue weighted by Gasteiger charge is -2.29. The second-order valence-electron chi connectivity index (χ2n) is 9.21. The van der Waals surface area contributed by atoms with Gasteiger partial charge in [-0.15, -0.1) is 11.6 Å². The second-order valence-corrected chi connectivity index (χ2v) is 9.77. The number of halogens is 1. The summed E-state index contributed by atoms with van der Waals surface area (Å²) in [5, 5.41) is 23.2. The lowest BCUT2D eigenvalue weighted by molar-refractivity contribution is -0.126. The van der Waals surface area contributed by atoms with Crippen molar-refractivity contribution in [2.24, 2.45) is 17.3 Å². The lowest BCUT2D eigenvalue weighted by atomic mass is 9.80. The van der Waals surface area contributed by atoms with Crippen molar-refractivity contribution in [3.63, 3.8) is 0 Å². The third kappa shape index (κ3) is 9.32. The number of aliphatic hydroxyl groups excluding tert-OH is 2. The molecule has 0 saturated heterocycles. The molecule has 0 spiro atoms. The van der Waals surface area contributed by atoms with Gasteiger partial charge in [-0.25, -0.2) is 0 Å². The highest BCUT2D eigenvalue weighted by Crippen LogP contribution is 2.40. The molecule has 0 radical (unpaired) electrons. The summed E-state index contributed by atoms with van der Waals surface area (Å²) in [6, 6.07) is 0. The largest absolute Gasteiger partial charge is 0.392 e. The van der Waals surface area contributed by atoms with Crippen LogP contribution in [0.15, 0.2) is 24.3 Å². The van der Waals surface area contributed by atoms with E-state index in [-0.39, 0.29) is 28.5 Å². The monoisotopic (exact) mass is 441 g/mol. The van der Waals surface area contributed by atoms with Crippen LogP contribution in [0.4, 0.5) is 0 Å². The molecule has 0 aromatic carbocycles. The van der Waals surface area contributed by atoms with Crippen LogP contribution in [0.1, 0.15) is 79.1 Å². The van der Waals surface area contributed by atoms with Crippen molar-refractivity contribution < 1.29 is 19.8 Å². The molecule has 3 N–H and O–H groups in total. The molecule has 0 bridgehead atoms. The lowest BCUT2D eigenvalue weighted by Crippen LogP contribution is -2.28. The summed E-state index contributed by atoms with van der Waals surface area (Å²) in [6.45, 7) is 7.61. The number of hydrogen-bond acceptors (Lipinski definition) is 4. The van der Waals surface area contributed by atoms with Gasteiger partial charge in [0, 0.05) is 18.2 Å². The fourth-order valence-electron chi connectivity index (χ4n) is 4.06. The number of carbonyl (C=O) groups excluding carboxylic acids is 2. The van der Waals surface area contributed by atoms with Crippen molar-refractivity contribution in [2.75, 3.05) is 0 Å². The van der Waals surface area contributed by atoms with Gasteiger partial charge in [0.2, 0.25) is 11.8 Å². The van der Waals surface area contributed by atoms with Crippen LogP contribution in [0.25, 0.3) is 0 Å².